The van der Waals surface area contributed by atoms with Crippen LogP contribution in [0.4, 0.5) is 0 Å². The van der Waals surface area contributed by atoms with Crippen molar-refractivity contribution < 1.29 is 9.28 Å². The monoisotopic (exact) mass is 229 g/mol. The zero-order valence-electron chi connectivity index (χ0n) is 9.66. The van der Waals surface area contributed by atoms with Gasteiger partial charge in [0.1, 0.15) is 0 Å². The van der Waals surface area contributed by atoms with Crippen LogP contribution in [-0.4, -0.2) is 49.5 Å². The second-order valence-electron chi connectivity index (χ2n) is 4.19. The smallest absolute Gasteiger partial charge is 0.243 e. The molecule has 0 fully saturated rings. The molecule has 4 heteroatoms. The summed E-state index contributed by atoms with van der Waals surface area (Å²) < 4.78 is 0.942. The molecule has 0 spiro atoms. The highest BCUT2D eigenvalue weighted by Crippen LogP contribution is 2.00. The molecule has 1 amide bonds. The largest absolute Gasteiger partial charge is 0.352 e. The maximum absolute atomic E-state index is 10.9. The first-order valence-electron chi connectivity index (χ1n) is 5.18. The van der Waals surface area contributed by atoms with E-state index in [4.69, 9.17) is 12.2 Å². The van der Waals surface area contributed by atoms with E-state index in [9.17, 15) is 4.79 Å². The Morgan fingerprint density at radius 2 is 2.13 bits per heavy atom. The number of nitrogens with one attached hydrogen (secondary N) is 1. The third kappa shape index (κ3) is 8.27. The van der Waals surface area contributed by atoms with E-state index >= 15 is 0 Å². The summed E-state index contributed by atoms with van der Waals surface area (Å²) in [5, 5.41) is 4.54. The van der Waals surface area contributed by atoms with Crippen molar-refractivity contribution in [2.75, 3.05) is 33.7 Å². The Morgan fingerprint density at radius 3 is 2.67 bits per heavy atom. The van der Waals surface area contributed by atoms with Crippen molar-refractivity contribution in [3.05, 3.63) is 12.7 Å². The quantitative estimate of drug-likeness (QED) is 0.293. The second kappa shape index (κ2) is 7.54. The number of thiocarbonyl (C=S) groups is 1. The molecule has 0 radical (unpaired) electrons. The molecule has 0 saturated carbocycles. The number of hydrogen-bond donors (Lipinski definition) is 1. The van der Waals surface area contributed by atoms with Crippen LogP contribution in [0.25, 0.3) is 0 Å². The van der Waals surface area contributed by atoms with E-state index in [-0.39, 0.29) is 5.91 Å². The average Bonchev–Trinajstić information content (AvgIpc) is 2.21. The van der Waals surface area contributed by atoms with Crippen molar-refractivity contribution in [2.24, 2.45) is 0 Å². The first-order chi connectivity index (χ1) is 7.02. The van der Waals surface area contributed by atoms with Gasteiger partial charge >= 0.3 is 0 Å². The zero-order chi connectivity index (χ0) is 11.7. The van der Waals surface area contributed by atoms with E-state index in [1.807, 2.05) is 0 Å². The topological polar surface area (TPSA) is 29.1 Å². The van der Waals surface area contributed by atoms with Crippen molar-refractivity contribution in [3.63, 3.8) is 0 Å². The molecule has 0 atom stereocenters. The lowest BCUT2D eigenvalue weighted by molar-refractivity contribution is -0.889. The van der Waals surface area contributed by atoms with Crippen LogP contribution in [0.2, 0.25) is 0 Å². The summed E-state index contributed by atoms with van der Waals surface area (Å²) in [6.45, 7) is 6.21. The highest BCUT2D eigenvalue weighted by molar-refractivity contribution is 7.78. The lowest BCUT2D eigenvalue weighted by atomic mass is 10.3. The summed E-state index contributed by atoms with van der Waals surface area (Å²) in [4.78, 5) is 10.9. The SMILES string of the molecule is C=CC(=O)NCCC[N+](C)(C)CCC=S. The normalized spacial score (nSPS) is 10.8. The minimum Gasteiger partial charge on any atom is -0.352 e. The summed E-state index contributed by atoms with van der Waals surface area (Å²) in [6, 6.07) is 0. The Balaban J connectivity index is 3.60. The Kier molecular flexibility index (Phi) is 7.17. The highest BCUT2D eigenvalue weighted by Gasteiger charge is 2.12. The summed E-state index contributed by atoms with van der Waals surface area (Å²) in [7, 11) is 4.35. The summed E-state index contributed by atoms with van der Waals surface area (Å²) >= 11 is 4.80. The van der Waals surface area contributed by atoms with Crippen molar-refractivity contribution >= 4 is 23.5 Å². The van der Waals surface area contributed by atoms with Gasteiger partial charge in [0.05, 0.1) is 27.2 Å². The second-order valence-corrected chi connectivity index (χ2v) is 4.52. The zero-order valence-corrected chi connectivity index (χ0v) is 10.5. The van der Waals surface area contributed by atoms with Crippen LogP contribution < -0.4 is 5.32 Å². The fraction of sp³-hybridized carbons (Fsp3) is 0.636. The van der Waals surface area contributed by atoms with Gasteiger partial charge in [-0.3, -0.25) is 4.79 Å². The summed E-state index contributed by atoms with van der Waals surface area (Å²) in [5.74, 6) is -0.0980. The molecule has 0 unspecified atom stereocenters. The number of quaternary nitrogens is 1. The number of carbonyl (C=O) groups is 1. The average molecular weight is 229 g/mol. The third-order valence-corrected chi connectivity index (χ3v) is 2.51. The molecule has 0 bridgehead atoms. The Bertz CT molecular complexity index is 227. The highest BCUT2D eigenvalue weighted by atomic mass is 32.1. The van der Waals surface area contributed by atoms with Gasteiger partial charge in [0.2, 0.25) is 5.91 Å². The van der Waals surface area contributed by atoms with Crippen molar-refractivity contribution in [1.82, 2.24) is 5.32 Å². The Hall–Kier alpha value is -0.740. The van der Waals surface area contributed by atoms with Crippen molar-refractivity contribution in [2.45, 2.75) is 12.8 Å². The van der Waals surface area contributed by atoms with Gasteiger partial charge in [-0.1, -0.05) is 18.8 Å². The van der Waals surface area contributed by atoms with Crippen LogP contribution >= 0.6 is 12.2 Å². The van der Waals surface area contributed by atoms with Gasteiger partial charge < -0.3 is 9.80 Å². The van der Waals surface area contributed by atoms with E-state index in [0.29, 0.717) is 6.54 Å². The predicted octanol–water partition coefficient (Wildman–Crippen LogP) is 1.14. The maximum atomic E-state index is 10.9. The number of hydrogen-bond acceptors (Lipinski definition) is 2. The molecular formula is C11H21N2OS+. The molecule has 0 aromatic heterocycles. The van der Waals surface area contributed by atoms with Crippen LogP contribution in [0, 0.1) is 0 Å². The number of rotatable bonds is 8. The molecule has 86 valence electrons. The number of carbonyl (C=O) groups excluding carboxylic acids is 1. The minimum atomic E-state index is -0.0980. The summed E-state index contributed by atoms with van der Waals surface area (Å²) in [5.41, 5.74) is 0. The van der Waals surface area contributed by atoms with Gasteiger partial charge in [0.25, 0.3) is 0 Å². The molecule has 1 N–H and O–H groups in total. The van der Waals surface area contributed by atoms with E-state index < -0.39 is 0 Å². The minimum absolute atomic E-state index is 0.0980. The van der Waals surface area contributed by atoms with E-state index in [2.05, 4.69) is 26.0 Å². The van der Waals surface area contributed by atoms with Gasteiger partial charge in [-0.2, -0.15) is 0 Å². The molecule has 3 nitrogen and oxygen atoms in total. The predicted molar refractivity (Wildman–Crippen MR) is 67.9 cm³/mol. The maximum Gasteiger partial charge on any atom is 0.243 e. The fourth-order valence-electron chi connectivity index (χ4n) is 1.30. The molecule has 0 aliphatic rings. The van der Waals surface area contributed by atoms with Gasteiger partial charge in [0.15, 0.2) is 0 Å². The molecule has 0 aliphatic carbocycles. The van der Waals surface area contributed by atoms with Crippen LogP contribution in [0.15, 0.2) is 12.7 Å². The Morgan fingerprint density at radius 1 is 1.47 bits per heavy atom. The van der Waals surface area contributed by atoms with E-state index in [0.717, 1.165) is 30.4 Å². The Labute approximate surface area is 97.7 Å². The fourth-order valence-corrected chi connectivity index (χ4v) is 1.41. The van der Waals surface area contributed by atoms with E-state index in [1.165, 1.54) is 6.08 Å². The molecule has 0 rings (SSSR count). The van der Waals surface area contributed by atoms with Crippen LogP contribution in [-0.2, 0) is 4.79 Å². The van der Waals surface area contributed by atoms with Gasteiger partial charge in [-0.25, -0.2) is 0 Å². The number of amides is 1. The molecule has 0 aromatic carbocycles. The van der Waals surface area contributed by atoms with Crippen LogP contribution in [0.1, 0.15) is 12.8 Å². The summed E-state index contributed by atoms with van der Waals surface area (Å²) in [6.07, 6.45) is 3.23. The molecule has 15 heavy (non-hydrogen) atoms. The first kappa shape index (κ1) is 14.3. The lowest BCUT2D eigenvalue weighted by Gasteiger charge is -2.29. The van der Waals surface area contributed by atoms with E-state index in [1.54, 1.807) is 5.37 Å². The molecule has 0 heterocycles. The molecular weight excluding hydrogens is 208 g/mol. The van der Waals surface area contributed by atoms with Crippen molar-refractivity contribution in [1.29, 1.82) is 0 Å². The molecule has 0 aromatic rings. The standard InChI is InChI=1S/C11H20N2OS/c1-4-11(14)12-7-5-8-13(2,3)9-6-10-15/h4,10H,1,5-9H2,2-3H3/p+1. The van der Waals surface area contributed by atoms with Gasteiger partial charge in [0, 0.05) is 19.4 Å². The molecule has 0 aliphatic heterocycles. The lowest BCUT2D eigenvalue weighted by Crippen LogP contribution is -2.42. The third-order valence-electron chi connectivity index (χ3n) is 2.28. The van der Waals surface area contributed by atoms with Crippen molar-refractivity contribution in [3.8, 4) is 0 Å². The molecule has 0 saturated heterocycles. The van der Waals surface area contributed by atoms with Gasteiger partial charge in [-0.05, 0) is 11.4 Å². The van der Waals surface area contributed by atoms with Gasteiger partial charge in [-0.15, -0.1) is 0 Å². The first-order valence-corrected chi connectivity index (χ1v) is 5.65. The van der Waals surface area contributed by atoms with Crippen LogP contribution in [0.5, 0.6) is 0 Å². The van der Waals surface area contributed by atoms with Crippen LogP contribution in [0.3, 0.4) is 0 Å². The number of nitrogens with zero attached hydrogens (tertiary/aromatic N) is 1.